The van der Waals surface area contributed by atoms with Gasteiger partial charge in [-0.25, -0.2) is 9.18 Å². The highest BCUT2D eigenvalue weighted by Gasteiger charge is 2.28. The second-order valence-corrected chi connectivity index (χ2v) is 8.88. The summed E-state index contributed by atoms with van der Waals surface area (Å²) in [6, 6.07) is 12.0. The molecule has 1 unspecified atom stereocenters. The van der Waals surface area contributed by atoms with Crippen LogP contribution in [0.5, 0.6) is 5.75 Å². The molecule has 32 heavy (non-hydrogen) atoms. The van der Waals surface area contributed by atoms with Crippen LogP contribution in [-0.2, 0) is 11.2 Å². The van der Waals surface area contributed by atoms with Crippen molar-refractivity contribution < 1.29 is 23.8 Å². The number of carbonyl (C=O) groups excluding carboxylic acids is 1. The molecular weight excluding hydrogens is 457 g/mol. The lowest BCUT2D eigenvalue weighted by Gasteiger charge is -2.29. The number of thiophene rings is 1. The van der Waals surface area contributed by atoms with Crippen molar-refractivity contribution in [2.24, 2.45) is 0 Å². The molecule has 0 saturated carbocycles. The van der Waals surface area contributed by atoms with E-state index in [0.717, 1.165) is 10.9 Å². The van der Waals surface area contributed by atoms with E-state index in [0.29, 0.717) is 21.5 Å². The molecular formula is C22H19ClFN3O4S. The summed E-state index contributed by atoms with van der Waals surface area (Å²) < 4.78 is 20.4. The summed E-state index contributed by atoms with van der Waals surface area (Å²) in [5.41, 5.74) is 1.51. The molecule has 0 saturated heterocycles. The third kappa shape index (κ3) is 4.49. The maximum Gasteiger partial charge on any atom is 0.326 e. The minimum atomic E-state index is -0.988. The predicted octanol–water partition coefficient (Wildman–Crippen LogP) is 4.69. The van der Waals surface area contributed by atoms with Gasteiger partial charge in [0.05, 0.1) is 15.6 Å². The molecule has 1 atom stereocenters. The van der Waals surface area contributed by atoms with Crippen molar-refractivity contribution in [1.82, 2.24) is 0 Å². The van der Waals surface area contributed by atoms with Crippen LogP contribution >= 0.6 is 22.9 Å². The Kier molecular flexibility index (Phi) is 6.20. The first-order valence-corrected chi connectivity index (χ1v) is 10.8. The van der Waals surface area contributed by atoms with Gasteiger partial charge in [-0.15, -0.1) is 11.3 Å². The zero-order valence-electron chi connectivity index (χ0n) is 16.9. The van der Waals surface area contributed by atoms with Crippen LogP contribution in [0.3, 0.4) is 0 Å². The molecule has 1 aliphatic heterocycles. The minimum Gasteiger partial charge on any atom is -0.480 e. The Bertz CT molecular complexity index is 1170. The molecule has 1 aromatic heterocycles. The summed E-state index contributed by atoms with van der Waals surface area (Å²) in [7, 11) is 1.59. The van der Waals surface area contributed by atoms with Crippen molar-refractivity contribution in [3.05, 3.63) is 69.1 Å². The molecule has 2 heterocycles. The van der Waals surface area contributed by atoms with E-state index in [2.05, 4.69) is 10.6 Å². The SMILES string of the molecule is CNc1cc2c(cc1F)C(=O)N(c1ccc(NC(Cc3ccc(Cl)s3)C(=O)O)cc1)CO2. The molecule has 2 aromatic carbocycles. The highest BCUT2D eigenvalue weighted by atomic mass is 35.5. The van der Waals surface area contributed by atoms with Gasteiger partial charge in [0.1, 0.15) is 17.6 Å². The van der Waals surface area contributed by atoms with E-state index >= 15 is 0 Å². The molecule has 3 aromatic rings. The van der Waals surface area contributed by atoms with Gasteiger partial charge in [-0.3, -0.25) is 9.69 Å². The van der Waals surface area contributed by atoms with Crippen LogP contribution in [0.2, 0.25) is 4.34 Å². The lowest BCUT2D eigenvalue weighted by Crippen LogP contribution is -2.38. The van der Waals surface area contributed by atoms with Gasteiger partial charge >= 0.3 is 5.97 Å². The fourth-order valence-electron chi connectivity index (χ4n) is 3.36. The van der Waals surface area contributed by atoms with E-state index in [1.54, 1.807) is 43.4 Å². The molecule has 10 heteroatoms. The zero-order valence-corrected chi connectivity index (χ0v) is 18.5. The van der Waals surface area contributed by atoms with E-state index in [1.165, 1.54) is 22.3 Å². The number of ether oxygens (including phenoxy) is 1. The highest BCUT2D eigenvalue weighted by Crippen LogP contribution is 2.33. The maximum absolute atomic E-state index is 14.1. The van der Waals surface area contributed by atoms with Crippen molar-refractivity contribution in [3.63, 3.8) is 0 Å². The van der Waals surface area contributed by atoms with E-state index < -0.39 is 17.8 Å². The molecule has 3 N–H and O–H groups in total. The number of rotatable bonds is 7. The monoisotopic (exact) mass is 475 g/mol. The number of carboxylic acids is 1. The summed E-state index contributed by atoms with van der Waals surface area (Å²) in [6.07, 6.45) is 0.282. The first-order chi connectivity index (χ1) is 15.4. The number of amides is 1. The second kappa shape index (κ2) is 9.05. The van der Waals surface area contributed by atoms with E-state index in [4.69, 9.17) is 16.3 Å². The Hall–Kier alpha value is -3.30. The van der Waals surface area contributed by atoms with Crippen molar-refractivity contribution in [1.29, 1.82) is 0 Å². The van der Waals surface area contributed by atoms with Gasteiger partial charge in [-0.2, -0.15) is 0 Å². The van der Waals surface area contributed by atoms with Crippen LogP contribution in [-0.4, -0.2) is 36.8 Å². The quantitative estimate of drug-likeness (QED) is 0.459. The number of halogens is 2. The molecule has 0 aliphatic carbocycles. The Morgan fingerprint density at radius 3 is 2.66 bits per heavy atom. The zero-order chi connectivity index (χ0) is 22.8. The van der Waals surface area contributed by atoms with Gasteiger partial charge in [-0.05, 0) is 42.5 Å². The number of benzene rings is 2. The Morgan fingerprint density at radius 2 is 2.03 bits per heavy atom. The molecule has 0 spiro atoms. The second-order valence-electron chi connectivity index (χ2n) is 7.08. The predicted molar refractivity (Wildman–Crippen MR) is 123 cm³/mol. The van der Waals surface area contributed by atoms with Gasteiger partial charge in [0, 0.05) is 35.8 Å². The number of carboxylic acid groups (broad SMARTS) is 1. The van der Waals surface area contributed by atoms with Crippen molar-refractivity contribution >= 4 is 51.9 Å². The largest absolute Gasteiger partial charge is 0.480 e. The topological polar surface area (TPSA) is 90.9 Å². The smallest absolute Gasteiger partial charge is 0.326 e. The van der Waals surface area contributed by atoms with Crippen LogP contribution in [0, 0.1) is 5.82 Å². The fraction of sp³-hybridized carbons (Fsp3) is 0.182. The third-order valence-corrected chi connectivity index (χ3v) is 6.27. The van der Waals surface area contributed by atoms with Crippen LogP contribution < -0.4 is 20.3 Å². The normalized spacial score (nSPS) is 13.8. The Morgan fingerprint density at radius 1 is 1.28 bits per heavy atom. The van der Waals surface area contributed by atoms with Crippen LogP contribution in [0.4, 0.5) is 21.5 Å². The number of hydrogen-bond acceptors (Lipinski definition) is 6. The first kappa shape index (κ1) is 21.9. The molecule has 0 fully saturated rings. The number of aliphatic carboxylic acids is 1. The Balaban J connectivity index is 1.49. The molecule has 1 aliphatic rings. The third-order valence-electron chi connectivity index (χ3n) is 5.02. The van der Waals surface area contributed by atoms with Crippen molar-refractivity contribution in [3.8, 4) is 5.75 Å². The van der Waals surface area contributed by atoms with Gasteiger partial charge in [0.15, 0.2) is 6.73 Å². The number of anilines is 3. The average molecular weight is 476 g/mol. The lowest BCUT2D eigenvalue weighted by atomic mass is 10.1. The van der Waals surface area contributed by atoms with Crippen LogP contribution in [0.1, 0.15) is 15.2 Å². The minimum absolute atomic E-state index is 0.0235. The summed E-state index contributed by atoms with van der Waals surface area (Å²) >= 11 is 7.26. The summed E-state index contributed by atoms with van der Waals surface area (Å²) in [4.78, 5) is 26.8. The van der Waals surface area contributed by atoms with Gasteiger partial charge in [-0.1, -0.05) is 11.6 Å². The van der Waals surface area contributed by atoms with Gasteiger partial charge < -0.3 is 20.5 Å². The maximum atomic E-state index is 14.1. The first-order valence-electron chi connectivity index (χ1n) is 9.65. The summed E-state index contributed by atoms with van der Waals surface area (Å²) in [5, 5.41) is 15.3. The molecule has 7 nitrogen and oxygen atoms in total. The molecule has 0 radical (unpaired) electrons. The molecule has 4 rings (SSSR count). The Labute approximate surface area is 192 Å². The fourth-order valence-corrected chi connectivity index (χ4v) is 4.50. The lowest BCUT2D eigenvalue weighted by molar-refractivity contribution is -0.137. The van der Waals surface area contributed by atoms with Crippen LogP contribution in [0.15, 0.2) is 48.5 Å². The number of nitrogens with zero attached hydrogens (tertiary/aromatic N) is 1. The molecule has 0 bridgehead atoms. The van der Waals surface area contributed by atoms with Gasteiger partial charge in [0.2, 0.25) is 0 Å². The molecule has 1 amide bonds. The summed E-state index contributed by atoms with van der Waals surface area (Å²) in [5.74, 6) is -1.60. The van der Waals surface area contributed by atoms with E-state index in [9.17, 15) is 19.1 Å². The number of carbonyl (C=O) groups is 2. The van der Waals surface area contributed by atoms with Crippen LogP contribution in [0.25, 0.3) is 0 Å². The number of hydrogen-bond donors (Lipinski definition) is 3. The molecule has 166 valence electrons. The average Bonchev–Trinajstić information content (AvgIpc) is 3.19. The highest BCUT2D eigenvalue weighted by molar-refractivity contribution is 7.16. The van der Waals surface area contributed by atoms with E-state index in [1.807, 2.05) is 0 Å². The standard InChI is InChI=1S/C22H19ClFN3O4S/c1-25-17-10-19-15(9-16(17)24)21(28)27(11-31-19)13-4-2-12(3-5-13)26-18(22(29)30)8-14-6-7-20(23)32-14/h2-7,9-10,18,25-26H,8,11H2,1H3,(H,29,30). The number of nitrogens with one attached hydrogen (secondary N) is 2. The van der Waals surface area contributed by atoms with E-state index in [-0.39, 0.29) is 30.3 Å². The van der Waals surface area contributed by atoms with Gasteiger partial charge in [0.25, 0.3) is 5.91 Å². The van der Waals surface area contributed by atoms with Crippen molar-refractivity contribution in [2.75, 3.05) is 29.3 Å². The summed E-state index contributed by atoms with van der Waals surface area (Å²) in [6.45, 7) is -0.0235. The van der Waals surface area contributed by atoms with Crippen molar-refractivity contribution in [2.45, 2.75) is 12.5 Å². The number of fused-ring (bicyclic) bond motifs is 1.